The van der Waals surface area contributed by atoms with Crippen LogP contribution in [0.3, 0.4) is 0 Å². The first-order valence-electron chi connectivity index (χ1n) is 7.14. The Morgan fingerprint density at radius 2 is 2.10 bits per heavy atom. The molecule has 0 bridgehead atoms. The Morgan fingerprint density at radius 1 is 1.38 bits per heavy atom. The number of nitrogens with two attached hydrogens (primary N) is 1. The topological polar surface area (TPSA) is 89.3 Å². The molecule has 1 fully saturated rings. The molecule has 0 saturated heterocycles. The fourth-order valence-corrected chi connectivity index (χ4v) is 3.48. The van der Waals surface area contributed by atoms with E-state index >= 15 is 0 Å². The lowest BCUT2D eigenvalue weighted by molar-refractivity contribution is 0.0928. The van der Waals surface area contributed by atoms with Crippen LogP contribution in [0.2, 0.25) is 0 Å². The zero-order chi connectivity index (χ0) is 15.6. The van der Waals surface area contributed by atoms with E-state index in [1.165, 1.54) is 12.1 Å². The van der Waals surface area contributed by atoms with E-state index in [-0.39, 0.29) is 16.8 Å². The number of sulfone groups is 1. The van der Waals surface area contributed by atoms with Crippen LogP contribution in [0.1, 0.15) is 35.2 Å². The number of hydrogen-bond donors (Lipinski definition) is 2. The fraction of sp³-hybridized carbons (Fsp3) is 0.533. The minimum absolute atomic E-state index is 0.0868. The molecule has 1 aliphatic rings. The first kappa shape index (κ1) is 16.0. The van der Waals surface area contributed by atoms with Gasteiger partial charge in [-0.2, -0.15) is 0 Å². The number of hydrogen-bond acceptors (Lipinski definition) is 4. The molecule has 2 atom stereocenters. The van der Waals surface area contributed by atoms with Gasteiger partial charge in [-0.3, -0.25) is 4.79 Å². The fourth-order valence-electron chi connectivity index (χ4n) is 2.83. The van der Waals surface area contributed by atoms with Crippen molar-refractivity contribution >= 4 is 15.7 Å². The van der Waals surface area contributed by atoms with Crippen molar-refractivity contribution in [1.29, 1.82) is 0 Å². The first-order chi connectivity index (χ1) is 9.82. The molecule has 0 radical (unpaired) electrons. The highest BCUT2D eigenvalue weighted by Crippen LogP contribution is 2.25. The third-order valence-electron chi connectivity index (χ3n) is 4.16. The molecule has 0 aliphatic heterocycles. The molecule has 1 aliphatic carbocycles. The Labute approximate surface area is 125 Å². The lowest BCUT2D eigenvalue weighted by Crippen LogP contribution is -2.40. The lowest BCUT2D eigenvalue weighted by atomic mass is 10.0. The second kappa shape index (κ2) is 6.15. The van der Waals surface area contributed by atoms with Crippen molar-refractivity contribution in [3.05, 3.63) is 29.3 Å². The highest BCUT2D eigenvalue weighted by Gasteiger charge is 2.28. The van der Waals surface area contributed by atoms with E-state index in [2.05, 4.69) is 5.32 Å². The number of rotatable bonds is 4. The SMILES string of the molecule is Cc1ccc(S(C)(=O)=O)cc1C(=O)NC1CCCC1CN. The number of amides is 1. The molecule has 0 spiro atoms. The van der Waals surface area contributed by atoms with Gasteiger partial charge in [0, 0.05) is 17.9 Å². The smallest absolute Gasteiger partial charge is 0.251 e. The maximum absolute atomic E-state index is 12.4. The van der Waals surface area contributed by atoms with Crippen molar-refractivity contribution in [1.82, 2.24) is 5.32 Å². The minimum atomic E-state index is -3.32. The van der Waals surface area contributed by atoms with Crippen LogP contribution in [0.15, 0.2) is 23.1 Å². The maximum Gasteiger partial charge on any atom is 0.251 e. The van der Waals surface area contributed by atoms with Crippen LogP contribution in [0.25, 0.3) is 0 Å². The highest BCUT2D eigenvalue weighted by molar-refractivity contribution is 7.90. The summed E-state index contributed by atoms with van der Waals surface area (Å²) in [5, 5.41) is 3.00. The number of aryl methyl sites for hydroxylation is 1. The predicted molar refractivity (Wildman–Crippen MR) is 81.9 cm³/mol. The predicted octanol–water partition coefficient (Wildman–Crippen LogP) is 1.26. The van der Waals surface area contributed by atoms with Crippen LogP contribution in [0.5, 0.6) is 0 Å². The second-order valence-corrected chi connectivity index (χ2v) is 7.77. The number of carbonyl (C=O) groups is 1. The van der Waals surface area contributed by atoms with Crippen LogP contribution in [-0.2, 0) is 9.84 Å². The Hall–Kier alpha value is -1.40. The minimum Gasteiger partial charge on any atom is -0.349 e. The molecule has 1 amide bonds. The van der Waals surface area contributed by atoms with Crippen LogP contribution < -0.4 is 11.1 Å². The normalized spacial score (nSPS) is 22.2. The van der Waals surface area contributed by atoms with Crippen molar-refractivity contribution in [2.45, 2.75) is 37.1 Å². The van der Waals surface area contributed by atoms with E-state index in [9.17, 15) is 13.2 Å². The molecule has 2 unspecified atom stereocenters. The van der Waals surface area contributed by atoms with Gasteiger partial charge in [-0.25, -0.2) is 8.42 Å². The van der Waals surface area contributed by atoms with Gasteiger partial charge in [0.1, 0.15) is 0 Å². The average molecular weight is 310 g/mol. The summed E-state index contributed by atoms with van der Waals surface area (Å²) in [5.41, 5.74) is 6.90. The lowest BCUT2D eigenvalue weighted by Gasteiger charge is -2.20. The van der Waals surface area contributed by atoms with Crippen molar-refractivity contribution in [3.63, 3.8) is 0 Å². The summed E-state index contributed by atoms with van der Waals surface area (Å²) in [6.07, 6.45) is 4.16. The Bertz CT molecular complexity index is 640. The highest BCUT2D eigenvalue weighted by atomic mass is 32.2. The van der Waals surface area contributed by atoms with Gasteiger partial charge in [-0.15, -0.1) is 0 Å². The molecule has 2 rings (SSSR count). The van der Waals surface area contributed by atoms with E-state index in [4.69, 9.17) is 5.73 Å². The van der Waals surface area contributed by atoms with Gasteiger partial charge in [-0.1, -0.05) is 12.5 Å². The van der Waals surface area contributed by atoms with Crippen LogP contribution in [-0.4, -0.2) is 33.2 Å². The van der Waals surface area contributed by atoms with Crippen molar-refractivity contribution < 1.29 is 13.2 Å². The molecule has 6 heteroatoms. The average Bonchev–Trinajstić information content (AvgIpc) is 2.84. The molecule has 0 aromatic heterocycles. The quantitative estimate of drug-likeness (QED) is 0.876. The van der Waals surface area contributed by atoms with Crippen molar-refractivity contribution in [2.75, 3.05) is 12.8 Å². The van der Waals surface area contributed by atoms with Gasteiger partial charge < -0.3 is 11.1 Å². The summed E-state index contributed by atoms with van der Waals surface area (Å²) in [7, 11) is -3.32. The summed E-state index contributed by atoms with van der Waals surface area (Å²) in [4.78, 5) is 12.6. The molecule has 1 aromatic rings. The molecule has 5 nitrogen and oxygen atoms in total. The van der Waals surface area contributed by atoms with Gasteiger partial charge >= 0.3 is 0 Å². The first-order valence-corrected chi connectivity index (χ1v) is 9.03. The molecular formula is C15H22N2O3S. The molecule has 1 aromatic carbocycles. The zero-order valence-electron chi connectivity index (χ0n) is 12.4. The number of nitrogens with one attached hydrogen (secondary N) is 1. The third-order valence-corrected chi connectivity index (χ3v) is 5.27. The maximum atomic E-state index is 12.4. The summed E-state index contributed by atoms with van der Waals surface area (Å²) < 4.78 is 23.2. The van der Waals surface area contributed by atoms with E-state index in [0.717, 1.165) is 31.1 Å². The van der Waals surface area contributed by atoms with E-state index < -0.39 is 9.84 Å². The summed E-state index contributed by atoms with van der Waals surface area (Å²) >= 11 is 0. The summed E-state index contributed by atoms with van der Waals surface area (Å²) in [6, 6.07) is 4.73. The van der Waals surface area contributed by atoms with E-state index in [1.54, 1.807) is 13.0 Å². The van der Waals surface area contributed by atoms with E-state index in [0.29, 0.717) is 18.0 Å². The van der Waals surface area contributed by atoms with Crippen LogP contribution in [0, 0.1) is 12.8 Å². The van der Waals surface area contributed by atoms with Crippen molar-refractivity contribution in [3.8, 4) is 0 Å². The number of benzene rings is 1. The summed E-state index contributed by atoms with van der Waals surface area (Å²) in [5.74, 6) is 0.0932. The van der Waals surface area contributed by atoms with Gasteiger partial charge in [0.2, 0.25) is 0 Å². The van der Waals surface area contributed by atoms with Gasteiger partial charge in [0.25, 0.3) is 5.91 Å². The van der Waals surface area contributed by atoms with E-state index in [1.807, 2.05) is 0 Å². The Kier molecular flexibility index (Phi) is 4.68. The monoisotopic (exact) mass is 310 g/mol. The molecule has 0 heterocycles. The second-order valence-electron chi connectivity index (χ2n) is 5.76. The third kappa shape index (κ3) is 3.63. The molecule has 21 heavy (non-hydrogen) atoms. The van der Waals surface area contributed by atoms with Crippen molar-refractivity contribution in [2.24, 2.45) is 11.7 Å². The zero-order valence-corrected chi connectivity index (χ0v) is 13.2. The molecule has 116 valence electrons. The largest absolute Gasteiger partial charge is 0.349 e. The van der Waals surface area contributed by atoms with Crippen LogP contribution >= 0.6 is 0 Å². The number of carbonyl (C=O) groups excluding carboxylic acids is 1. The molecule has 1 saturated carbocycles. The van der Waals surface area contributed by atoms with Gasteiger partial charge in [-0.05, 0) is 49.9 Å². The molecule has 3 N–H and O–H groups in total. The summed E-state index contributed by atoms with van der Waals surface area (Å²) in [6.45, 7) is 2.36. The Balaban J connectivity index is 2.23. The molecular weight excluding hydrogens is 288 g/mol. The standard InChI is InChI=1S/C15H22N2O3S/c1-10-6-7-12(21(2,19)20)8-13(10)15(18)17-14-5-3-4-11(14)9-16/h6-8,11,14H,3-5,9,16H2,1-2H3,(H,17,18). The van der Waals surface area contributed by atoms with Gasteiger partial charge in [0.05, 0.1) is 4.90 Å². The van der Waals surface area contributed by atoms with Crippen LogP contribution in [0.4, 0.5) is 0 Å². The van der Waals surface area contributed by atoms with Gasteiger partial charge in [0.15, 0.2) is 9.84 Å². The Morgan fingerprint density at radius 3 is 2.71 bits per heavy atom.